The standard InChI is InChI=1S/C11H23NO4/c1-9(2)10(11(13)15-4)12-5-6-16-8-7-14-3/h9-10,12H,5-8H2,1-4H3. The van der Waals surface area contributed by atoms with Crippen LogP contribution in [-0.2, 0) is 19.0 Å². The molecule has 0 aliphatic rings. The number of nitrogens with one attached hydrogen (secondary N) is 1. The van der Waals surface area contributed by atoms with Gasteiger partial charge in [-0.25, -0.2) is 0 Å². The molecule has 5 nitrogen and oxygen atoms in total. The molecule has 5 heteroatoms. The first kappa shape index (κ1) is 15.3. The van der Waals surface area contributed by atoms with Crippen molar-refractivity contribution in [1.29, 1.82) is 0 Å². The molecule has 96 valence electrons. The molecule has 0 aromatic rings. The number of hydrogen-bond acceptors (Lipinski definition) is 5. The monoisotopic (exact) mass is 233 g/mol. The molecular weight excluding hydrogens is 210 g/mol. The fourth-order valence-electron chi connectivity index (χ4n) is 1.25. The molecule has 0 saturated heterocycles. The minimum atomic E-state index is -0.268. The summed E-state index contributed by atoms with van der Waals surface area (Å²) < 4.78 is 14.8. The average molecular weight is 233 g/mol. The first-order valence-corrected chi connectivity index (χ1v) is 5.51. The second-order valence-electron chi connectivity index (χ2n) is 3.80. The molecule has 0 radical (unpaired) electrons. The van der Waals surface area contributed by atoms with Crippen molar-refractivity contribution in [3.63, 3.8) is 0 Å². The lowest BCUT2D eigenvalue weighted by molar-refractivity contribution is -0.144. The van der Waals surface area contributed by atoms with E-state index in [1.54, 1.807) is 7.11 Å². The van der Waals surface area contributed by atoms with Gasteiger partial charge in [-0.05, 0) is 5.92 Å². The maximum Gasteiger partial charge on any atom is 0.323 e. The van der Waals surface area contributed by atoms with Crippen molar-refractivity contribution >= 4 is 5.97 Å². The van der Waals surface area contributed by atoms with Crippen LogP contribution in [-0.4, -0.2) is 52.6 Å². The van der Waals surface area contributed by atoms with Crippen LogP contribution in [0.2, 0.25) is 0 Å². The summed E-state index contributed by atoms with van der Waals surface area (Å²) in [4.78, 5) is 11.4. The first-order valence-electron chi connectivity index (χ1n) is 5.51. The summed E-state index contributed by atoms with van der Waals surface area (Å²) in [6, 6.07) is -0.268. The Morgan fingerprint density at radius 3 is 2.38 bits per heavy atom. The lowest BCUT2D eigenvalue weighted by Crippen LogP contribution is -2.43. The molecule has 0 heterocycles. The van der Waals surface area contributed by atoms with Gasteiger partial charge in [0.25, 0.3) is 0 Å². The molecule has 1 N–H and O–H groups in total. The van der Waals surface area contributed by atoms with Gasteiger partial charge in [-0.15, -0.1) is 0 Å². The van der Waals surface area contributed by atoms with Gasteiger partial charge in [-0.1, -0.05) is 13.8 Å². The summed E-state index contributed by atoms with van der Waals surface area (Å²) in [6.45, 7) is 6.29. The largest absolute Gasteiger partial charge is 0.468 e. The fourth-order valence-corrected chi connectivity index (χ4v) is 1.25. The number of ether oxygens (including phenoxy) is 3. The number of esters is 1. The summed E-state index contributed by atoms with van der Waals surface area (Å²) in [5.41, 5.74) is 0. The number of hydrogen-bond donors (Lipinski definition) is 1. The van der Waals surface area contributed by atoms with E-state index in [1.807, 2.05) is 13.8 Å². The molecule has 0 rings (SSSR count). The number of methoxy groups -OCH3 is 2. The van der Waals surface area contributed by atoms with Crippen LogP contribution in [0.5, 0.6) is 0 Å². The van der Waals surface area contributed by atoms with Crippen molar-refractivity contribution in [2.45, 2.75) is 19.9 Å². The highest BCUT2D eigenvalue weighted by Crippen LogP contribution is 2.02. The predicted octanol–water partition coefficient (Wildman–Crippen LogP) is 0.437. The Hall–Kier alpha value is -0.650. The molecule has 0 aliphatic carbocycles. The van der Waals surface area contributed by atoms with Gasteiger partial charge >= 0.3 is 5.97 Å². The highest BCUT2D eigenvalue weighted by molar-refractivity contribution is 5.75. The smallest absolute Gasteiger partial charge is 0.323 e. The van der Waals surface area contributed by atoms with E-state index in [2.05, 4.69) is 5.32 Å². The molecule has 0 aliphatic heterocycles. The minimum Gasteiger partial charge on any atom is -0.468 e. The summed E-state index contributed by atoms with van der Waals surface area (Å²) in [5, 5.41) is 3.11. The van der Waals surface area contributed by atoms with E-state index < -0.39 is 0 Å². The minimum absolute atomic E-state index is 0.200. The van der Waals surface area contributed by atoms with Crippen LogP contribution in [0.1, 0.15) is 13.8 Å². The molecule has 16 heavy (non-hydrogen) atoms. The Bertz CT molecular complexity index is 185. The Kier molecular flexibility index (Phi) is 9.18. The summed E-state index contributed by atoms with van der Waals surface area (Å²) >= 11 is 0. The Morgan fingerprint density at radius 2 is 1.88 bits per heavy atom. The molecule has 1 atom stereocenters. The number of carbonyl (C=O) groups is 1. The van der Waals surface area contributed by atoms with Crippen molar-refractivity contribution in [1.82, 2.24) is 5.32 Å². The molecule has 0 aromatic carbocycles. The normalized spacial score (nSPS) is 12.8. The van der Waals surface area contributed by atoms with Gasteiger partial charge in [-0.2, -0.15) is 0 Å². The highest BCUT2D eigenvalue weighted by Gasteiger charge is 2.21. The van der Waals surface area contributed by atoms with Crippen molar-refractivity contribution < 1.29 is 19.0 Å². The Balaban J connectivity index is 3.65. The van der Waals surface area contributed by atoms with Crippen LogP contribution in [0, 0.1) is 5.92 Å². The van der Waals surface area contributed by atoms with E-state index in [0.717, 1.165) is 0 Å². The van der Waals surface area contributed by atoms with E-state index >= 15 is 0 Å². The molecule has 1 unspecified atom stereocenters. The second-order valence-corrected chi connectivity index (χ2v) is 3.80. The molecule has 0 aromatic heterocycles. The molecule has 0 bridgehead atoms. The second kappa shape index (κ2) is 9.57. The third-order valence-corrected chi connectivity index (χ3v) is 2.16. The summed E-state index contributed by atoms with van der Waals surface area (Å²) in [7, 11) is 3.03. The zero-order valence-electron chi connectivity index (χ0n) is 10.6. The zero-order chi connectivity index (χ0) is 12.4. The van der Waals surface area contributed by atoms with E-state index in [1.165, 1.54) is 7.11 Å². The molecule has 0 spiro atoms. The lowest BCUT2D eigenvalue weighted by atomic mass is 10.1. The highest BCUT2D eigenvalue weighted by atomic mass is 16.5. The van der Waals surface area contributed by atoms with Gasteiger partial charge in [0.05, 0.1) is 26.9 Å². The summed E-state index contributed by atoms with van der Waals surface area (Å²) in [5.74, 6) is -0.0293. The van der Waals surface area contributed by atoms with Crippen molar-refractivity contribution in [2.24, 2.45) is 5.92 Å². The Labute approximate surface area is 97.4 Å². The lowest BCUT2D eigenvalue weighted by Gasteiger charge is -2.19. The number of rotatable bonds is 9. The van der Waals surface area contributed by atoms with Crippen molar-refractivity contribution in [3.8, 4) is 0 Å². The maximum atomic E-state index is 11.4. The first-order chi connectivity index (χ1) is 7.63. The van der Waals surface area contributed by atoms with Gasteiger partial charge in [0, 0.05) is 13.7 Å². The van der Waals surface area contributed by atoms with Gasteiger partial charge in [0.2, 0.25) is 0 Å². The Morgan fingerprint density at radius 1 is 1.19 bits per heavy atom. The van der Waals surface area contributed by atoms with Gasteiger partial charge < -0.3 is 19.5 Å². The number of carbonyl (C=O) groups excluding carboxylic acids is 1. The molecule has 0 amide bonds. The SMILES string of the molecule is COCCOCCNC(C(=O)OC)C(C)C. The molecule has 0 fully saturated rings. The van der Waals surface area contributed by atoms with Crippen LogP contribution in [0.25, 0.3) is 0 Å². The maximum absolute atomic E-state index is 11.4. The fraction of sp³-hybridized carbons (Fsp3) is 0.909. The average Bonchev–Trinajstić information content (AvgIpc) is 2.26. The summed E-state index contributed by atoms with van der Waals surface area (Å²) in [6.07, 6.45) is 0. The molecule has 0 saturated carbocycles. The van der Waals surface area contributed by atoms with E-state index in [4.69, 9.17) is 14.2 Å². The van der Waals surface area contributed by atoms with E-state index in [0.29, 0.717) is 26.4 Å². The third-order valence-electron chi connectivity index (χ3n) is 2.16. The predicted molar refractivity (Wildman–Crippen MR) is 61.3 cm³/mol. The quantitative estimate of drug-likeness (QED) is 0.462. The van der Waals surface area contributed by atoms with Gasteiger partial charge in [0.1, 0.15) is 6.04 Å². The van der Waals surface area contributed by atoms with Crippen LogP contribution in [0.4, 0.5) is 0 Å². The van der Waals surface area contributed by atoms with Crippen LogP contribution < -0.4 is 5.32 Å². The van der Waals surface area contributed by atoms with Crippen molar-refractivity contribution in [2.75, 3.05) is 40.6 Å². The van der Waals surface area contributed by atoms with Gasteiger partial charge in [0.15, 0.2) is 0 Å². The van der Waals surface area contributed by atoms with Crippen LogP contribution in [0.3, 0.4) is 0 Å². The van der Waals surface area contributed by atoms with Crippen molar-refractivity contribution in [3.05, 3.63) is 0 Å². The molecular formula is C11H23NO4. The van der Waals surface area contributed by atoms with E-state index in [9.17, 15) is 4.79 Å². The topological polar surface area (TPSA) is 56.8 Å². The van der Waals surface area contributed by atoms with Gasteiger partial charge in [-0.3, -0.25) is 4.79 Å². The zero-order valence-corrected chi connectivity index (χ0v) is 10.6. The van der Waals surface area contributed by atoms with E-state index in [-0.39, 0.29) is 17.9 Å². The van der Waals surface area contributed by atoms with Crippen LogP contribution >= 0.6 is 0 Å². The van der Waals surface area contributed by atoms with Crippen LogP contribution in [0.15, 0.2) is 0 Å². The third kappa shape index (κ3) is 6.76.